The standard InChI is InChI=1S/C16H10ClNO/c17-16-15-11-6-2-4-8-14(11)18-13-7-3-1-5-10(13)12(15)9-19-16/h1-9,18H. The fraction of sp³-hybridized carbons (Fsp3) is 0. The molecule has 0 aliphatic carbocycles. The predicted octanol–water partition coefficient (Wildman–Crippen LogP) is 5.32. The lowest BCUT2D eigenvalue weighted by molar-refractivity contribution is 0.571. The first-order valence-corrected chi connectivity index (χ1v) is 6.45. The van der Waals surface area contributed by atoms with Crippen LogP contribution in [0.2, 0.25) is 5.22 Å². The molecule has 0 bridgehead atoms. The van der Waals surface area contributed by atoms with Crippen LogP contribution in [0.3, 0.4) is 0 Å². The fourth-order valence-electron chi connectivity index (χ4n) is 2.57. The highest BCUT2D eigenvalue weighted by Crippen LogP contribution is 2.47. The van der Waals surface area contributed by atoms with Gasteiger partial charge in [0.15, 0.2) is 0 Å². The van der Waals surface area contributed by atoms with Gasteiger partial charge < -0.3 is 9.73 Å². The molecule has 1 aliphatic rings. The minimum atomic E-state index is 0.431. The molecule has 0 atom stereocenters. The molecule has 0 radical (unpaired) electrons. The van der Waals surface area contributed by atoms with E-state index in [1.54, 1.807) is 6.26 Å². The lowest BCUT2D eigenvalue weighted by Crippen LogP contribution is -1.91. The highest BCUT2D eigenvalue weighted by molar-refractivity contribution is 6.33. The Labute approximate surface area is 115 Å². The Bertz CT molecular complexity index is 776. The second kappa shape index (κ2) is 3.90. The van der Waals surface area contributed by atoms with Crippen LogP contribution in [0.1, 0.15) is 0 Å². The zero-order valence-electron chi connectivity index (χ0n) is 9.98. The Kier molecular flexibility index (Phi) is 2.20. The summed E-state index contributed by atoms with van der Waals surface area (Å²) in [5, 5.41) is 3.89. The van der Waals surface area contributed by atoms with E-state index in [0.717, 1.165) is 33.6 Å². The van der Waals surface area contributed by atoms with E-state index in [0.29, 0.717) is 5.22 Å². The molecule has 0 fully saturated rings. The van der Waals surface area contributed by atoms with Gasteiger partial charge in [-0.25, -0.2) is 0 Å². The first kappa shape index (κ1) is 10.7. The second-order valence-electron chi connectivity index (χ2n) is 4.51. The Balaban J connectivity index is 2.14. The molecule has 3 aromatic rings. The number of rotatable bonds is 0. The molecule has 0 unspecified atom stereocenters. The summed E-state index contributed by atoms with van der Waals surface area (Å²) < 4.78 is 5.42. The van der Waals surface area contributed by atoms with Crippen LogP contribution >= 0.6 is 11.6 Å². The van der Waals surface area contributed by atoms with Crippen LogP contribution in [0.5, 0.6) is 0 Å². The number of halogens is 1. The summed E-state index contributed by atoms with van der Waals surface area (Å²) in [6.45, 7) is 0. The molecule has 1 aliphatic heterocycles. The number of fused-ring (bicyclic) bond motifs is 5. The smallest absolute Gasteiger partial charge is 0.201 e. The van der Waals surface area contributed by atoms with Gasteiger partial charge in [-0.05, 0) is 23.7 Å². The zero-order chi connectivity index (χ0) is 12.8. The Morgan fingerprint density at radius 2 is 1.42 bits per heavy atom. The first-order chi connectivity index (χ1) is 9.34. The third-order valence-corrected chi connectivity index (χ3v) is 3.71. The van der Waals surface area contributed by atoms with E-state index in [-0.39, 0.29) is 0 Å². The van der Waals surface area contributed by atoms with Crippen molar-refractivity contribution in [2.24, 2.45) is 0 Å². The van der Waals surface area contributed by atoms with Gasteiger partial charge in [0.1, 0.15) is 6.26 Å². The van der Waals surface area contributed by atoms with E-state index in [1.807, 2.05) is 30.3 Å². The van der Waals surface area contributed by atoms with Crippen molar-refractivity contribution in [3.05, 3.63) is 60.0 Å². The number of hydrogen-bond donors (Lipinski definition) is 1. The molecule has 3 heteroatoms. The zero-order valence-corrected chi connectivity index (χ0v) is 10.7. The van der Waals surface area contributed by atoms with Gasteiger partial charge in [0.2, 0.25) is 5.22 Å². The van der Waals surface area contributed by atoms with Crippen molar-refractivity contribution in [1.29, 1.82) is 0 Å². The van der Waals surface area contributed by atoms with Gasteiger partial charge >= 0.3 is 0 Å². The van der Waals surface area contributed by atoms with Crippen molar-refractivity contribution < 1.29 is 4.42 Å². The third kappa shape index (κ3) is 1.50. The van der Waals surface area contributed by atoms with Gasteiger partial charge in [-0.3, -0.25) is 0 Å². The van der Waals surface area contributed by atoms with Crippen molar-refractivity contribution in [3.8, 4) is 22.3 Å². The molecule has 0 spiro atoms. The van der Waals surface area contributed by atoms with Crippen LogP contribution in [0.4, 0.5) is 11.4 Å². The molecule has 0 saturated heterocycles. The SMILES string of the molecule is Clc1occ2c1-c1ccccc1Nc1ccccc1-2. The lowest BCUT2D eigenvalue weighted by atomic mass is 9.99. The van der Waals surface area contributed by atoms with Gasteiger partial charge in [-0.1, -0.05) is 36.4 Å². The molecule has 92 valence electrons. The molecule has 4 rings (SSSR count). The van der Waals surface area contributed by atoms with E-state index >= 15 is 0 Å². The van der Waals surface area contributed by atoms with Crippen LogP contribution < -0.4 is 5.32 Å². The largest absolute Gasteiger partial charge is 0.452 e. The number of anilines is 2. The summed E-state index contributed by atoms with van der Waals surface area (Å²) in [5.74, 6) is 0. The maximum absolute atomic E-state index is 6.23. The number of furan rings is 1. The molecule has 2 heterocycles. The fourth-order valence-corrected chi connectivity index (χ4v) is 2.81. The summed E-state index contributed by atoms with van der Waals surface area (Å²) in [5.41, 5.74) is 6.24. The normalized spacial score (nSPS) is 11.8. The minimum Gasteiger partial charge on any atom is -0.452 e. The summed E-state index contributed by atoms with van der Waals surface area (Å²) >= 11 is 6.23. The van der Waals surface area contributed by atoms with Crippen LogP contribution in [-0.4, -0.2) is 0 Å². The Hall–Kier alpha value is -2.19. The maximum Gasteiger partial charge on any atom is 0.201 e. The highest BCUT2D eigenvalue weighted by atomic mass is 35.5. The number of benzene rings is 2. The first-order valence-electron chi connectivity index (χ1n) is 6.07. The highest BCUT2D eigenvalue weighted by Gasteiger charge is 2.23. The minimum absolute atomic E-state index is 0.431. The third-order valence-electron chi connectivity index (χ3n) is 3.43. The summed E-state index contributed by atoms with van der Waals surface area (Å²) in [6, 6.07) is 16.3. The van der Waals surface area contributed by atoms with E-state index in [9.17, 15) is 0 Å². The van der Waals surface area contributed by atoms with Crippen LogP contribution in [0, 0.1) is 0 Å². The van der Waals surface area contributed by atoms with Crippen molar-refractivity contribution in [1.82, 2.24) is 0 Å². The summed E-state index contributed by atoms with van der Waals surface area (Å²) in [6.07, 6.45) is 1.72. The molecule has 19 heavy (non-hydrogen) atoms. The molecule has 2 aromatic carbocycles. The van der Waals surface area contributed by atoms with Gasteiger partial charge in [-0.2, -0.15) is 0 Å². The molecule has 0 saturated carbocycles. The van der Waals surface area contributed by atoms with Crippen molar-refractivity contribution in [3.63, 3.8) is 0 Å². The van der Waals surface area contributed by atoms with Crippen LogP contribution in [0.15, 0.2) is 59.2 Å². The number of hydrogen-bond acceptors (Lipinski definition) is 2. The van der Waals surface area contributed by atoms with Crippen LogP contribution in [0.25, 0.3) is 22.3 Å². The van der Waals surface area contributed by atoms with Gasteiger partial charge in [0.05, 0.1) is 0 Å². The van der Waals surface area contributed by atoms with Crippen molar-refractivity contribution in [2.45, 2.75) is 0 Å². The average Bonchev–Trinajstić information content (AvgIpc) is 2.75. The van der Waals surface area contributed by atoms with Gasteiger partial charge in [0.25, 0.3) is 0 Å². The van der Waals surface area contributed by atoms with Gasteiger partial charge in [0, 0.05) is 33.6 Å². The monoisotopic (exact) mass is 267 g/mol. The predicted molar refractivity (Wildman–Crippen MR) is 77.9 cm³/mol. The van der Waals surface area contributed by atoms with Crippen LogP contribution in [-0.2, 0) is 0 Å². The molecular formula is C16H10ClNO. The second-order valence-corrected chi connectivity index (χ2v) is 4.86. The number of para-hydroxylation sites is 2. The summed E-state index contributed by atoms with van der Waals surface area (Å²) in [4.78, 5) is 0. The lowest BCUT2D eigenvalue weighted by Gasteiger charge is -2.09. The molecule has 1 N–H and O–H groups in total. The van der Waals surface area contributed by atoms with E-state index < -0.39 is 0 Å². The van der Waals surface area contributed by atoms with Gasteiger partial charge in [-0.15, -0.1) is 0 Å². The topological polar surface area (TPSA) is 25.2 Å². The van der Waals surface area contributed by atoms with E-state index in [2.05, 4.69) is 23.5 Å². The Morgan fingerprint density at radius 1 is 0.789 bits per heavy atom. The maximum atomic E-state index is 6.23. The molecule has 1 aromatic heterocycles. The average molecular weight is 268 g/mol. The molecular weight excluding hydrogens is 258 g/mol. The molecule has 2 nitrogen and oxygen atoms in total. The molecule has 0 amide bonds. The van der Waals surface area contributed by atoms with Crippen molar-refractivity contribution in [2.75, 3.05) is 5.32 Å². The summed E-state index contributed by atoms with van der Waals surface area (Å²) in [7, 11) is 0. The van der Waals surface area contributed by atoms with Crippen molar-refractivity contribution >= 4 is 23.0 Å². The number of nitrogens with one attached hydrogen (secondary N) is 1. The van der Waals surface area contributed by atoms with E-state index in [1.165, 1.54) is 0 Å². The van der Waals surface area contributed by atoms with E-state index in [4.69, 9.17) is 16.0 Å². The quantitative estimate of drug-likeness (QED) is 0.466. The Morgan fingerprint density at radius 3 is 2.21 bits per heavy atom.